The van der Waals surface area contributed by atoms with E-state index in [-0.39, 0.29) is 0 Å². The van der Waals surface area contributed by atoms with E-state index in [1.165, 1.54) is 83.2 Å². The van der Waals surface area contributed by atoms with Gasteiger partial charge >= 0.3 is 0 Å². The highest BCUT2D eigenvalue weighted by atomic mass is 16.5. The van der Waals surface area contributed by atoms with E-state index in [0.717, 1.165) is 24.7 Å². The maximum Gasteiger partial charge on any atom is 0.119 e. The van der Waals surface area contributed by atoms with Crippen LogP contribution in [0, 0.1) is 11.8 Å². The maximum atomic E-state index is 6.23. The molecule has 0 N–H and O–H groups in total. The quantitative estimate of drug-likeness (QED) is 0.642. The molecule has 0 amide bonds. The fourth-order valence-corrected chi connectivity index (χ4v) is 5.72. The molecule has 3 heteroatoms. The van der Waals surface area contributed by atoms with E-state index in [2.05, 4.69) is 41.8 Å². The maximum absolute atomic E-state index is 6.23. The zero-order valence-electron chi connectivity index (χ0n) is 18.2. The van der Waals surface area contributed by atoms with Crippen molar-refractivity contribution in [1.82, 2.24) is 9.80 Å². The molecule has 2 atom stereocenters. The van der Waals surface area contributed by atoms with E-state index in [1.807, 2.05) is 0 Å². The molecule has 156 valence electrons. The van der Waals surface area contributed by atoms with Crippen LogP contribution in [0.2, 0.25) is 0 Å². The number of benzene rings is 1. The third-order valence-corrected chi connectivity index (χ3v) is 7.22. The molecule has 28 heavy (non-hydrogen) atoms. The van der Waals surface area contributed by atoms with Gasteiger partial charge in [0, 0.05) is 12.6 Å². The lowest BCUT2D eigenvalue weighted by atomic mass is 9.97. The van der Waals surface area contributed by atoms with Crippen molar-refractivity contribution < 1.29 is 4.74 Å². The first-order valence-corrected chi connectivity index (χ1v) is 11.9. The van der Waals surface area contributed by atoms with Crippen LogP contribution in [0.5, 0.6) is 5.75 Å². The second-order valence-electron chi connectivity index (χ2n) is 9.76. The summed E-state index contributed by atoms with van der Waals surface area (Å²) in [6, 6.07) is 7.55. The van der Waals surface area contributed by atoms with Gasteiger partial charge in [-0.25, -0.2) is 0 Å². The van der Waals surface area contributed by atoms with Crippen molar-refractivity contribution in [2.45, 2.75) is 71.3 Å². The molecule has 2 unspecified atom stereocenters. The third-order valence-electron chi connectivity index (χ3n) is 7.22. The average molecular weight is 385 g/mol. The normalized spacial score (nSPS) is 24.6. The third kappa shape index (κ3) is 5.10. The zero-order valence-corrected chi connectivity index (χ0v) is 18.2. The number of nitrogens with zero attached hydrogens (tertiary/aromatic N) is 2. The molecular formula is C25H40N2O. The molecule has 2 fully saturated rings. The van der Waals surface area contributed by atoms with E-state index in [4.69, 9.17) is 4.74 Å². The van der Waals surface area contributed by atoms with Crippen LogP contribution in [0.1, 0.15) is 63.5 Å². The van der Waals surface area contributed by atoms with Gasteiger partial charge in [0.1, 0.15) is 5.75 Å². The molecule has 0 spiro atoms. The lowest BCUT2D eigenvalue weighted by Gasteiger charge is -2.37. The topological polar surface area (TPSA) is 15.7 Å². The van der Waals surface area contributed by atoms with Crippen molar-refractivity contribution in [2.75, 3.05) is 39.3 Å². The van der Waals surface area contributed by atoms with Crippen LogP contribution in [0.3, 0.4) is 0 Å². The molecule has 2 saturated heterocycles. The number of fused-ring (bicyclic) bond motifs is 1. The summed E-state index contributed by atoms with van der Waals surface area (Å²) in [7, 11) is 0. The number of hydrogen-bond donors (Lipinski definition) is 0. The van der Waals surface area contributed by atoms with Crippen LogP contribution in [0.25, 0.3) is 0 Å². The highest BCUT2D eigenvalue weighted by molar-refractivity contribution is 5.39. The SMILES string of the molecule is CC(C)C(CCOc1ccc2c(c1)CC(CN1CCCC1)C2)N1CCCCC1. The van der Waals surface area contributed by atoms with Gasteiger partial charge in [0.05, 0.1) is 6.61 Å². The summed E-state index contributed by atoms with van der Waals surface area (Å²) in [5.41, 5.74) is 3.10. The van der Waals surface area contributed by atoms with Gasteiger partial charge in [-0.2, -0.15) is 0 Å². The fourth-order valence-electron chi connectivity index (χ4n) is 5.72. The first kappa shape index (κ1) is 20.2. The summed E-state index contributed by atoms with van der Waals surface area (Å²) >= 11 is 0. The molecule has 4 rings (SSSR count). The van der Waals surface area contributed by atoms with Crippen molar-refractivity contribution in [3.05, 3.63) is 29.3 Å². The Bertz CT molecular complexity index is 617. The first-order chi connectivity index (χ1) is 13.7. The number of likely N-dealkylation sites (tertiary alicyclic amines) is 2. The van der Waals surface area contributed by atoms with Crippen molar-refractivity contribution in [2.24, 2.45) is 11.8 Å². The molecule has 0 aromatic heterocycles. The largest absolute Gasteiger partial charge is 0.494 e. The Balaban J connectivity index is 1.27. The minimum absolute atomic E-state index is 0.666. The molecule has 0 radical (unpaired) electrons. The fraction of sp³-hybridized carbons (Fsp3) is 0.760. The highest BCUT2D eigenvalue weighted by Gasteiger charge is 2.26. The Morgan fingerprint density at radius 1 is 0.929 bits per heavy atom. The van der Waals surface area contributed by atoms with Crippen molar-refractivity contribution in [1.29, 1.82) is 0 Å². The van der Waals surface area contributed by atoms with Crippen LogP contribution < -0.4 is 4.74 Å². The summed E-state index contributed by atoms with van der Waals surface area (Å²) in [5, 5.41) is 0. The van der Waals surface area contributed by atoms with E-state index < -0.39 is 0 Å². The zero-order chi connectivity index (χ0) is 19.3. The molecule has 1 aromatic carbocycles. The summed E-state index contributed by atoms with van der Waals surface area (Å²) in [4.78, 5) is 5.38. The monoisotopic (exact) mass is 384 g/mol. The number of ether oxygens (including phenoxy) is 1. The molecule has 1 aliphatic carbocycles. The van der Waals surface area contributed by atoms with Crippen molar-refractivity contribution in [3.8, 4) is 5.75 Å². The molecule has 0 bridgehead atoms. The predicted octanol–water partition coefficient (Wildman–Crippen LogP) is 4.78. The van der Waals surface area contributed by atoms with Gasteiger partial charge in [-0.3, -0.25) is 0 Å². The molecular weight excluding hydrogens is 344 g/mol. The number of rotatable bonds is 8. The lowest BCUT2D eigenvalue weighted by molar-refractivity contribution is 0.106. The Morgan fingerprint density at radius 3 is 2.39 bits per heavy atom. The Kier molecular flexibility index (Phi) is 6.95. The molecule has 0 saturated carbocycles. The summed E-state index contributed by atoms with van der Waals surface area (Å²) < 4.78 is 6.23. The van der Waals surface area contributed by atoms with Crippen LogP contribution in [-0.4, -0.2) is 55.2 Å². The van der Waals surface area contributed by atoms with Gasteiger partial charge in [0.15, 0.2) is 0 Å². The summed E-state index contributed by atoms with van der Waals surface area (Å²) in [6.45, 7) is 12.1. The predicted molar refractivity (Wildman–Crippen MR) is 117 cm³/mol. The molecule has 2 heterocycles. The van der Waals surface area contributed by atoms with Crippen LogP contribution in [0.15, 0.2) is 18.2 Å². The molecule has 3 aliphatic rings. The smallest absolute Gasteiger partial charge is 0.119 e. The molecule has 3 nitrogen and oxygen atoms in total. The van der Waals surface area contributed by atoms with E-state index in [1.54, 1.807) is 5.56 Å². The van der Waals surface area contributed by atoms with E-state index >= 15 is 0 Å². The Labute approximate surface area is 172 Å². The average Bonchev–Trinajstić information content (AvgIpc) is 3.34. The number of piperidine rings is 1. The van der Waals surface area contributed by atoms with Gasteiger partial charge in [-0.05, 0) is 106 Å². The standard InChI is InChI=1S/C25H40N2O/c1-20(2)25(27-13-4-3-5-14-27)10-15-28-24-9-8-22-16-21(17-23(22)18-24)19-26-11-6-7-12-26/h8-9,18,20-21,25H,3-7,10-17,19H2,1-2H3. The van der Waals surface area contributed by atoms with Gasteiger partial charge in [-0.1, -0.05) is 26.3 Å². The second-order valence-corrected chi connectivity index (χ2v) is 9.76. The van der Waals surface area contributed by atoms with Crippen molar-refractivity contribution in [3.63, 3.8) is 0 Å². The van der Waals surface area contributed by atoms with Crippen LogP contribution >= 0.6 is 0 Å². The highest BCUT2D eigenvalue weighted by Crippen LogP contribution is 2.31. The van der Waals surface area contributed by atoms with Gasteiger partial charge in [-0.15, -0.1) is 0 Å². The molecule has 1 aromatic rings. The van der Waals surface area contributed by atoms with Crippen molar-refractivity contribution >= 4 is 0 Å². The molecule has 2 aliphatic heterocycles. The lowest BCUT2D eigenvalue weighted by Crippen LogP contribution is -2.43. The first-order valence-electron chi connectivity index (χ1n) is 11.9. The van der Waals surface area contributed by atoms with Crippen LogP contribution in [-0.2, 0) is 12.8 Å². The van der Waals surface area contributed by atoms with Crippen LogP contribution in [0.4, 0.5) is 0 Å². The van der Waals surface area contributed by atoms with E-state index in [0.29, 0.717) is 12.0 Å². The minimum Gasteiger partial charge on any atom is -0.494 e. The minimum atomic E-state index is 0.666. The number of hydrogen-bond acceptors (Lipinski definition) is 3. The van der Waals surface area contributed by atoms with Gasteiger partial charge in [0.25, 0.3) is 0 Å². The van der Waals surface area contributed by atoms with Gasteiger partial charge < -0.3 is 14.5 Å². The second kappa shape index (κ2) is 9.63. The summed E-state index contributed by atoms with van der Waals surface area (Å²) in [6.07, 6.45) is 10.6. The Hall–Kier alpha value is -1.06. The summed E-state index contributed by atoms with van der Waals surface area (Å²) in [5.74, 6) is 2.60. The Morgan fingerprint density at radius 2 is 1.64 bits per heavy atom. The van der Waals surface area contributed by atoms with Gasteiger partial charge in [0.2, 0.25) is 0 Å². The van der Waals surface area contributed by atoms with E-state index in [9.17, 15) is 0 Å².